The highest BCUT2D eigenvalue weighted by Crippen LogP contribution is 2.27. The van der Waals surface area contributed by atoms with Crippen LogP contribution < -0.4 is 10.1 Å². The van der Waals surface area contributed by atoms with Crippen molar-refractivity contribution in [1.29, 1.82) is 0 Å². The Kier molecular flexibility index (Phi) is 6.21. The molecule has 2 aromatic heterocycles. The molecule has 1 fully saturated rings. The third-order valence-electron chi connectivity index (χ3n) is 5.20. The number of ether oxygens (including phenoxy) is 1. The number of carboxylic acid groups (broad SMARTS) is 1. The Bertz CT molecular complexity index is 1030. The predicted octanol–water partition coefficient (Wildman–Crippen LogP) is 3.33. The van der Waals surface area contributed by atoms with Gasteiger partial charge < -0.3 is 14.4 Å². The van der Waals surface area contributed by atoms with E-state index in [0.717, 1.165) is 5.56 Å². The first-order chi connectivity index (χ1) is 15.1. The quantitative estimate of drug-likeness (QED) is 0.593. The molecule has 1 aliphatic carbocycles. The van der Waals surface area contributed by atoms with Crippen molar-refractivity contribution in [2.75, 3.05) is 5.32 Å². The van der Waals surface area contributed by atoms with Crippen LogP contribution in [-0.4, -0.2) is 38.2 Å². The van der Waals surface area contributed by atoms with Crippen LogP contribution in [0, 0.1) is 5.92 Å². The van der Waals surface area contributed by atoms with Crippen molar-refractivity contribution in [3.8, 4) is 5.88 Å². The first-order valence-electron chi connectivity index (χ1n) is 10.1. The van der Waals surface area contributed by atoms with E-state index in [-0.39, 0.29) is 18.0 Å². The van der Waals surface area contributed by atoms with Gasteiger partial charge in [-0.3, -0.25) is 14.9 Å². The first-order valence-corrected chi connectivity index (χ1v) is 10.1. The van der Waals surface area contributed by atoms with Gasteiger partial charge in [-0.15, -0.1) is 0 Å². The number of benzene rings is 1. The second-order valence-corrected chi connectivity index (χ2v) is 7.45. The van der Waals surface area contributed by atoms with Gasteiger partial charge in [0.25, 0.3) is 5.91 Å². The lowest BCUT2D eigenvalue weighted by molar-refractivity contribution is -0.143. The largest absolute Gasteiger partial charge is 0.481 e. The van der Waals surface area contributed by atoms with Crippen molar-refractivity contribution in [1.82, 2.24) is 15.1 Å². The fourth-order valence-corrected chi connectivity index (χ4v) is 3.51. The SMILES string of the molecule is O=C(Nc1nc(Cc2ccccc2)no1)c1ccc(OC2CCC(C(=O)O)CC2)nc1. The monoisotopic (exact) mass is 422 g/mol. The minimum absolute atomic E-state index is 0.0199. The molecule has 2 N–H and O–H groups in total. The summed E-state index contributed by atoms with van der Waals surface area (Å²) in [5.41, 5.74) is 1.36. The molecular weight excluding hydrogens is 400 g/mol. The molecular formula is C22H22N4O5. The molecule has 31 heavy (non-hydrogen) atoms. The van der Waals surface area contributed by atoms with E-state index < -0.39 is 11.9 Å². The van der Waals surface area contributed by atoms with Crippen LogP contribution in [0.25, 0.3) is 0 Å². The van der Waals surface area contributed by atoms with E-state index in [0.29, 0.717) is 49.4 Å². The van der Waals surface area contributed by atoms with Gasteiger partial charge in [-0.2, -0.15) is 4.98 Å². The summed E-state index contributed by atoms with van der Waals surface area (Å²) in [6.07, 6.45) is 4.38. The molecule has 4 rings (SSSR count). The predicted molar refractivity (Wildman–Crippen MR) is 110 cm³/mol. The number of aromatic nitrogens is 3. The smallest absolute Gasteiger partial charge is 0.328 e. The Morgan fingerprint density at radius 2 is 1.87 bits per heavy atom. The highest BCUT2D eigenvalue weighted by molar-refractivity contribution is 6.02. The fourth-order valence-electron chi connectivity index (χ4n) is 3.51. The Morgan fingerprint density at radius 3 is 2.55 bits per heavy atom. The van der Waals surface area contributed by atoms with E-state index >= 15 is 0 Å². The molecule has 1 aromatic carbocycles. The van der Waals surface area contributed by atoms with Crippen LogP contribution in [0.2, 0.25) is 0 Å². The maximum Gasteiger partial charge on any atom is 0.328 e. The van der Waals surface area contributed by atoms with Gasteiger partial charge in [0.2, 0.25) is 5.88 Å². The van der Waals surface area contributed by atoms with Crippen molar-refractivity contribution < 1.29 is 24.0 Å². The summed E-state index contributed by atoms with van der Waals surface area (Å²) in [5, 5.41) is 15.5. The maximum atomic E-state index is 12.4. The van der Waals surface area contributed by atoms with E-state index in [9.17, 15) is 9.59 Å². The molecule has 9 heteroatoms. The van der Waals surface area contributed by atoms with E-state index in [1.54, 1.807) is 12.1 Å². The molecule has 2 heterocycles. The molecule has 0 saturated heterocycles. The zero-order chi connectivity index (χ0) is 21.6. The first kappa shape index (κ1) is 20.5. The number of pyridine rings is 1. The Balaban J connectivity index is 1.29. The van der Waals surface area contributed by atoms with Crippen molar-refractivity contribution in [2.45, 2.75) is 38.2 Å². The Hall–Kier alpha value is -3.75. The van der Waals surface area contributed by atoms with Gasteiger partial charge in [0, 0.05) is 18.7 Å². The van der Waals surface area contributed by atoms with Crippen molar-refractivity contribution in [3.05, 3.63) is 65.6 Å². The molecule has 160 valence electrons. The lowest BCUT2D eigenvalue weighted by Gasteiger charge is -2.26. The van der Waals surface area contributed by atoms with Crippen LogP contribution in [0.1, 0.15) is 47.4 Å². The summed E-state index contributed by atoms with van der Waals surface area (Å²) in [5.74, 6) is -0.590. The van der Waals surface area contributed by atoms with E-state index in [4.69, 9.17) is 14.4 Å². The summed E-state index contributed by atoms with van der Waals surface area (Å²) in [6.45, 7) is 0. The summed E-state index contributed by atoms with van der Waals surface area (Å²) < 4.78 is 10.9. The highest BCUT2D eigenvalue weighted by atomic mass is 16.5. The van der Waals surface area contributed by atoms with E-state index in [2.05, 4.69) is 20.4 Å². The summed E-state index contributed by atoms with van der Waals surface area (Å²) in [4.78, 5) is 31.8. The van der Waals surface area contributed by atoms with Gasteiger partial charge in [-0.25, -0.2) is 4.98 Å². The van der Waals surface area contributed by atoms with Gasteiger partial charge in [0.1, 0.15) is 6.10 Å². The second-order valence-electron chi connectivity index (χ2n) is 7.45. The van der Waals surface area contributed by atoms with Crippen LogP contribution in [0.3, 0.4) is 0 Å². The van der Waals surface area contributed by atoms with E-state index in [1.807, 2.05) is 30.3 Å². The van der Waals surface area contributed by atoms with Crippen molar-refractivity contribution in [2.24, 2.45) is 5.92 Å². The molecule has 0 spiro atoms. The molecule has 1 saturated carbocycles. The van der Waals surface area contributed by atoms with Crippen LogP contribution in [0.4, 0.5) is 6.01 Å². The summed E-state index contributed by atoms with van der Waals surface area (Å²) in [6, 6.07) is 12.9. The molecule has 0 unspecified atom stereocenters. The van der Waals surface area contributed by atoms with Crippen LogP contribution in [0.15, 0.2) is 53.2 Å². The molecule has 1 amide bonds. The zero-order valence-corrected chi connectivity index (χ0v) is 16.7. The topological polar surface area (TPSA) is 127 Å². The van der Waals surface area contributed by atoms with Gasteiger partial charge in [0.15, 0.2) is 5.82 Å². The number of carbonyl (C=O) groups excluding carboxylic acids is 1. The van der Waals surface area contributed by atoms with Crippen LogP contribution in [-0.2, 0) is 11.2 Å². The lowest BCUT2D eigenvalue weighted by atomic mass is 9.87. The molecule has 0 radical (unpaired) electrons. The van der Waals surface area contributed by atoms with Crippen LogP contribution >= 0.6 is 0 Å². The Labute approximate surface area is 178 Å². The standard InChI is InChI=1S/C22H22N4O5/c27-20(25-22-24-18(26-31-22)12-14-4-2-1-3-5-14)16-8-11-19(23-13-16)30-17-9-6-15(7-10-17)21(28)29/h1-5,8,11,13,15,17H,6-7,9-10,12H2,(H,28,29)(H,24,25,26,27). The number of nitrogens with zero attached hydrogens (tertiary/aromatic N) is 3. The number of nitrogens with one attached hydrogen (secondary N) is 1. The number of aliphatic carboxylic acids is 1. The minimum Gasteiger partial charge on any atom is -0.481 e. The molecule has 0 aliphatic heterocycles. The number of anilines is 1. The Morgan fingerprint density at radius 1 is 1.10 bits per heavy atom. The molecule has 3 aromatic rings. The van der Waals surface area contributed by atoms with Crippen LogP contribution in [0.5, 0.6) is 5.88 Å². The normalized spacial score (nSPS) is 18.3. The summed E-state index contributed by atoms with van der Waals surface area (Å²) >= 11 is 0. The minimum atomic E-state index is -0.750. The fraction of sp³-hybridized carbons (Fsp3) is 0.318. The zero-order valence-electron chi connectivity index (χ0n) is 16.7. The number of amides is 1. The third kappa shape index (κ3) is 5.44. The molecule has 9 nitrogen and oxygen atoms in total. The maximum absolute atomic E-state index is 12.4. The van der Waals surface area contributed by atoms with Gasteiger partial charge in [-0.1, -0.05) is 35.5 Å². The molecule has 0 bridgehead atoms. The number of rotatable bonds is 7. The number of hydrogen-bond donors (Lipinski definition) is 2. The number of carboxylic acids is 1. The average Bonchev–Trinajstić information content (AvgIpc) is 3.22. The summed E-state index contributed by atoms with van der Waals surface area (Å²) in [7, 11) is 0. The van der Waals surface area contributed by atoms with E-state index in [1.165, 1.54) is 6.20 Å². The number of carbonyl (C=O) groups is 2. The van der Waals surface area contributed by atoms with Crippen molar-refractivity contribution >= 4 is 17.9 Å². The van der Waals surface area contributed by atoms with Crippen molar-refractivity contribution in [3.63, 3.8) is 0 Å². The van der Waals surface area contributed by atoms with Gasteiger partial charge in [0.05, 0.1) is 11.5 Å². The molecule has 1 aliphatic rings. The third-order valence-corrected chi connectivity index (χ3v) is 5.20. The number of hydrogen-bond acceptors (Lipinski definition) is 7. The lowest BCUT2D eigenvalue weighted by Crippen LogP contribution is -2.28. The van der Waals surface area contributed by atoms with Gasteiger partial charge >= 0.3 is 12.0 Å². The van der Waals surface area contributed by atoms with Gasteiger partial charge in [-0.05, 0) is 37.3 Å². The average molecular weight is 422 g/mol. The second kappa shape index (κ2) is 9.38. The molecule has 0 atom stereocenters. The highest BCUT2D eigenvalue weighted by Gasteiger charge is 2.27.